The number of hydrogen-bond acceptors (Lipinski definition) is 1. The van der Waals surface area contributed by atoms with Crippen LogP contribution in [0.2, 0.25) is 0 Å². The zero-order chi connectivity index (χ0) is 13.0. The lowest BCUT2D eigenvalue weighted by atomic mass is 9.93. The fourth-order valence-corrected chi connectivity index (χ4v) is 2.40. The van der Waals surface area contributed by atoms with Crippen LogP contribution < -0.4 is 0 Å². The van der Waals surface area contributed by atoms with Gasteiger partial charge in [0.05, 0.1) is 0 Å². The summed E-state index contributed by atoms with van der Waals surface area (Å²) in [4.78, 5) is 12.1. The Morgan fingerprint density at radius 1 is 1.11 bits per heavy atom. The van der Waals surface area contributed by atoms with Gasteiger partial charge in [0.25, 0.3) is 0 Å². The topological polar surface area (TPSA) is 17.1 Å². The third-order valence-corrected chi connectivity index (χ3v) is 3.52. The minimum absolute atomic E-state index is 0.175. The average molecular weight is 240 g/mol. The molecular formula is C17H20O. The Bertz CT molecular complexity index is 537. The molecule has 0 aliphatic carbocycles. The van der Waals surface area contributed by atoms with E-state index in [9.17, 15) is 4.79 Å². The number of carbonyl (C=O) groups is 1. The van der Waals surface area contributed by atoms with Crippen LogP contribution in [0.4, 0.5) is 0 Å². The van der Waals surface area contributed by atoms with Gasteiger partial charge in [0.2, 0.25) is 0 Å². The molecule has 1 heteroatoms. The van der Waals surface area contributed by atoms with E-state index in [1.54, 1.807) is 0 Å². The predicted octanol–water partition coefficient (Wildman–Crippen LogP) is 4.39. The highest BCUT2D eigenvalue weighted by molar-refractivity contribution is 5.91. The normalized spacial score (nSPS) is 12.6. The van der Waals surface area contributed by atoms with Gasteiger partial charge in [-0.15, -0.1) is 0 Å². The van der Waals surface area contributed by atoms with Crippen LogP contribution in [0.1, 0.15) is 32.3 Å². The van der Waals surface area contributed by atoms with Crippen LogP contribution >= 0.6 is 0 Å². The average Bonchev–Trinajstić information content (AvgIpc) is 2.39. The molecule has 2 aromatic carbocycles. The van der Waals surface area contributed by atoms with Gasteiger partial charge in [-0.25, -0.2) is 0 Å². The molecule has 0 aliphatic heterocycles. The summed E-state index contributed by atoms with van der Waals surface area (Å²) >= 11 is 0. The van der Waals surface area contributed by atoms with Crippen LogP contribution in [0.25, 0.3) is 10.8 Å². The molecule has 18 heavy (non-hydrogen) atoms. The zero-order valence-electron chi connectivity index (χ0n) is 11.1. The van der Waals surface area contributed by atoms with E-state index in [2.05, 4.69) is 31.2 Å². The summed E-state index contributed by atoms with van der Waals surface area (Å²) in [6.07, 6.45) is 2.62. The van der Waals surface area contributed by atoms with E-state index in [4.69, 9.17) is 0 Å². The number of rotatable bonds is 5. The maximum atomic E-state index is 12.1. The molecule has 0 amide bonds. The number of carbonyl (C=O) groups excluding carboxylic acids is 1. The summed E-state index contributed by atoms with van der Waals surface area (Å²) in [6, 6.07) is 14.5. The van der Waals surface area contributed by atoms with Crippen molar-refractivity contribution in [3.05, 3.63) is 48.0 Å². The molecule has 2 aromatic rings. The third kappa shape index (κ3) is 2.79. The van der Waals surface area contributed by atoms with Crippen LogP contribution in [-0.2, 0) is 11.2 Å². The van der Waals surface area contributed by atoms with Crippen molar-refractivity contribution in [3.8, 4) is 0 Å². The lowest BCUT2D eigenvalue weighted by Crippen LogP contribution is -2.13. The summed E-state index contributed by atoms with van der Waals surface area (Å²) in [5.74, 6) is 0.530. The van der Waals surface area contributed by atoms with Gasteiger partial charge in [0, 0.05) is 12.3 Å². The Balaban J connectivity index is 2.24. The summed E-state index contributed by atoms with van der Waals surface area (Å²) in [5.41, 5.74) is 1.15. The van der Waals surface area contributed by atoms with Crippen molar-refractivity contribution in [1.82, 2.24) is 0 Å². The molecule has 0 N–H and O–H groups in total. The minimum Gasteiger partial charge on any atom is -0.299 e. The third-order valence-electron chi connectivity index (χ3n) is 3.52. The number of benzene rings is 2. The molecule has 0 radical (unpaired) electrons. The standard InChI is InChI=1S/C17H20O/c1-3-7-13(2)17(18)12-15-10-6-9-14-8-4-5-11-16(14)15/h4-6,8-11,13H,3,7,12H2,1-2H3. The number of hydrogen-bond donors (Lipinski definition) is 0. The van der Waals surface area contributed by atoms with Gasteiger partial charge >= 0.3 is 0 Å². The van der Waals surface area contributed by atoms with Gasteiger partial charge in [-0.1, -0.05) is 62.7 Å². The zero-order valence-corrected chi connectivity index (χ0v) is 11.1. The molecule has 1 nitrogen and oxygen atoms in total. The monoisotopic (exact) mass is 240 g/mol. The quantitative estimate of drug-likeness (QED) is 0.757. The van der Waals surface area contributed by atoms with Gasteiger partial charge in [-0.05, 0) is 22.8 Å². The molecule has 0 aromatic heterocycles. The number of Topliss-reactive ketones (excluding diaryl/α,β-unsaturated/α-hetero) is 1. The molecule has 0 aliphatic rings. The summed E-state index contributed by atoms with van der Waals surface area (Å²) in [6.45, 7) is 4.17. The smallest absolute Gasteiger partial charge is 0.140 e. The van der Waals surface area contributed by atoms with E-state index in [0.29, 0.717) is 12.2 Å². The first-order valence-electron chi connectivity index (χ1n) is 6.71. The van der Waals surface area contributed by atoms with Crippen molar-refractivity contribution in [2.24, 2.45) is 5.92 Å². The summed E-state index contributed by atoms with van der Waals surface area (Å²) < 4.78 is 0. The fourth-order valence-electron chi connectivity index (χ4n) is 2.40. The Morgan fingerprint density at radius 3 is 2.61 bits per heavy atom. The summed E-state index contributed by atoms with van der Waals surface area (Å²) in [5, 5.41) is 2.42. The van der Waals surface area contributed by atoms with Gasteiger partial charge in [0.15, 0.2) is 0 Å². The van der Waals surface area contributed by atoms with Gasteiger partial charge < -0.3 is 0 Å². The van der Waals surface area contributed by atoms with E-state index < -0.39 is 0 Å². The summed E-state index contributed by atoms with van der Waals surface area (Å²) in [7, 11) is 0. The minimum atomic E-state index is 0.175. The van der Waals surface area contributed by atoms with Crippen LogP contribution in [0, 0.1) is 5.92 Å². The molecule has 0 bridgehead atoms. The second-order valence-corrected chi connectivity index (χ2v) is 4.97. The first-order valence-corrected chi connectivity index (χ1v) is 6.71. The second kappa shape index (κ2) is 5.81. The van der Waals surface area contributed by atoms with E-state index in [1.165, 1.54) is 10.8 Å². The van der Waals surface area contributed by atoms with E-state index in [0.717, 1.165) is 18.4 Å². The van der Waals surface area contributed by atoms with Gasteiger partial charge in [0.1, 0.15) is 5.78 Å². The van der Waals surface area contributed by atoms with E-state index in [1.807, 2.05) is 25.1 Å². The molecule has 0 spiro atoms. The Morgan fingerprint density at radius 2 is 1.83 bits per heavy atom. The van der Waals surface area contributed by atoms with Gasteiger partial charge in [-0.3, -0.25) is 4.79 Å². The number of ketones is 1. The number of fused-ring (bicyclic) bond motifs is 1. The molecule has 0 saturated heterocycles. The van der Waals surface area contributed by atoms with E-state index in [-0.39, 0.29) is 5.92 Å². The molecule has 0 saturated carbocycles. The lowest BCUT2D eigenvalue weighted by Gasteiger charge is -2.10. The van der Waals surface area contributed by atoms with E-state index >= 15 is 0 Å². The molecular weight excluding hydrogens is 220 g/mol. The van der Waals surface area contributed by atoms with Crippen molar-refractivity contribution >= 4 is 16.6 Å². The van der Waals surface area contributed by atoms with Crippen molar-refractivity contribution < 1.29 is 4.79 Å². The van der Waals surface area contributed by atoms with Crippen molar-refractivity contribution in [1.29, 1.82) is 0 Å². The SMILES string of the molecule is CCCC(C)C(=O)Cc1cccc2ccccc12. The Labute approximate surface area is 109 Å². The van der Waals surface area contributed by atoms with Crippen LogP contribution in [-0.4, -0.2) is 5.78 Å². The highest BCUT2D eigenvalue weighted by Gasteiger charge is 2.13. The lowest BCUT2D eigenvalue weighted by molar-refractivity contribution is -0.121. The maximum absolute atomic E-state index is 12.1. The predicted molar refractivity (Wildman–Crippen MR) is 76.7 cm³/mol. The van der Waals surface area contributed by atoms with Crippen molar-refractivity contribution in [2.45, 2.75) is 33.1 Å². The van der Waals surface area contributed by atoms with Crippen molar-refractivity contribution in [3.63, 3.8) is 0 Å². The van der Waals surface area contributed by atoms with Crippen LogP contribution in [0.5, 0.6) is 0 Å². The Hall–Kier alpha value is -1.63. The van der Waals surface area contributed by atoms with Gasteiger partial charge in [-0.2, -0.15) is 0 Å². The first-order chi connectivity index (χ1) is 8.72. The molecule has 1 unspecified atom stereocenters. The van der Waals surface area contributed by atoms with Crippen molar-refractivity contribution in [2.75, 3.05) is 0 Å². The molecule has 0 fully saturated rings. The highest BCUT2D eigenvalue weighted by Crippen LogP contribution is 2.20. The molecule has 0 heterocycles. The maximum Gasteiger partial charge on any atom is 0.140 e. The van der Waals surface area contributed by atoms with Crippen LogP contribution in [0.3, 0.4) is 0 Å². The Kier molecular flexibility index (Phi) is 4.14. The molecule has 2 rings (SSSR count). The largest absolute Gasteiger partial charge is 0.299 e. The fraction of sp³-hybridized carbons (Fsp3) is 0.353. The molecule has 94 valence electrons. The first kappa shape index (κ1) is 12.8. The highest BCUT2D eigenvalue weighted by atomic mass is 16.1. The molecule has 1 atom stereocenters. The van der Waals surface area contributed by atoms with Crippen LogP contribution in [0.15, 0.2) is 42.5 Å². The second-order valence-electron chi connectivity index (χ2n) is 4.97.